The molecule has 0 bridgehead atoms. The third kappa shape index (κ3) is 4.02. The monoisotopic (exact) mass is 281 g/mol. The second-order valence-electron chi connectivity index (χ2n) is 4.14. The summed E-state index contributed by atoms with van der Waals surface area (Å²) in [6.45, 7) is 0. The van der Waals surface area contributed by atoms with Crippen LogP contribution in [-0.4, -0.2) is 20.1 Å². The van der Waals surface area contributed by atoms with E-state index in [-0.39, 0.29) is 0 Å². The van der Waals surface area contributed by atoms with Gasteiger partial charge in [-0.15, -0.1) is 0 Å². The molecular formula is C17H15NO3. The van der Waals surface area contributed by atoms with E-state index < -0.39 is 5.91 Å². The molecular weight excluding hydrogens is 266 g/mol. The van der Waals surface area contributed by atoms with E-state index in [9.17, 15) is 4.79 Å². The van der Waals surface area contributed by atoms with Crippen LogP contribution in [0.2, 0.25) is 0 Å². The lowest BCUT2D eigenvalue weighted by molar-refractivity contribution is -0.111. The zero-order valence-electron chi connectivity index (χ0n) is 11.8. The molecule has 4 heteroatoms. The third-order valence-electron chi connectivity index (χ3n) is 2.75. The SMILES string of the molecule is COc1ccc(OC)c(NC(=O)C#Cc2ccccc2)c1. The number of methoxy groups -OCH3 is 2. The van der Waals surface area contributed by atoms with Crippen LogP contribution in [0.4, 0.5) is 5.69 Å². The van der Waals surface area contributed by atoms with Crippen LogP contribution in [0.25, 0.3) is 0 Å². The largest absolute Gasteiger partial charge is 0.497 e. The summed E-state index contributed by atoms with van der Waals surface area (Å²) in [5.74, 6) is 6.10. The first kappa shape index (κ1) is 14.5. The first-order valence-electron chi connectivity index (χ1n) is 6.33. The number of benzene rings is 2. The fourth-order valence-electron chi connectivity index (χ4n) is 1.72. The molecule has 0 saturated carbocycles. The summed E-state index contributed by atoms with van der Waals surface area (Å²) >= 11 is 0. The number of ether oxygens (including phenoxy) is 2. The Labute approximate surface area is 123 Å². The molecule has 2 rings (SSSR count). The first-order valence-corrected chi connectivity index (χ1v) is 6.33. The van der Waals surface area contributed by atoms with E-state index in [0.29, 0.717) is 17.2 Å². The Kier molecular flexibility index (Phi) is 4.84. The lowest BCUT2D eigenvalue weighted by atomic mass is 10.2. The normalized spacial score (nSPS) is 9.24. The van der Waals surface area contributed by atoms with Gasteiger partial charge in [0, 0.05) is 17.6 Å². The van der Waals surface area contributed by atoms with Gasteiger partial charge in [-0.25, -0.2) is 0 Å². The molecule has 106 valence electrons. The fraction of sp³-hybridized carbons (Fsp3) is 0.118. The molecule has 0 radical (unpaired) electrons. The molecule has 0 unspecified atom stereocenters. The van der Waals surface area contributed by atoms with Gasteiger partial charge in [-0.1, -0.05) is 24.1 Å². The van der Waals surface area contributed by atoms with E-state index in [1.807, 2.05) is 30.3 Å². The number of nitrogens with one attached hydrogen (secondary N) is 1. The standard InChI is InChI=1S/C17H15NO3/c1-20-14-9-10-16(21-2)15(12-14)18-17(19)11-8-13-6-4-3-5-7-13/h3-7,9-10,12H,1-2H3,(H,18,19). The predicted octanol–water partition coefficient (Wildman–Crippen LogP) is 2.69. The molecule has 21 heavy (non-hydrogen) atoms. The van der Waals surface area contributed by atoms with E-state index in [1.165, 1.54) is 7.11 Å². The van der Waals surface area contributed by atoms with Gasteiger partial charge in [-0.05, 0) is 24.3 Å². The van der Waals surface area contributed by atoms with Crippen LogP contribution in [0.3, 0.4) is 0 Å². The van der Waals surface area contributed by atoms with Crippen molar-refractivity contribution in [3.63, 3.8) is 0 Å². The van der Waals surface area contributed by atoms with Crippen molar-refractivity contribution in [1.29, 1.82) is 0 Å². The van der Waals surface area contributed by atoms with Crippen molar-refractivity contribution >= 4 is 11.6 Å². The zero-order chi connectivity index (χ0) is 15.1. The Morgan fingerprint density at radius 1 is 1.05 bits per heavy atom. The molecule has 0 aromatic heterocycles. The predicted molar refractivity (Wildman–Crippen MR) is 81.5 cm³/mol. The Balaban J connectivity index is 2.14. The van der Waals surface area contributed by atoms with Crippen molar-refractivity contribution in [1.82, 2.24) is 0 Å². The van der Waals surface area contributed by atoms with Gasteiger partial charge in [0.15, 0.2) is 0 Å². The van der Waals surface area contributed by atoms with Crippen LogP contribution < -0.4 is 14.8 Å². The molecule has 4 nitrogen and oxygen atoms in total. The van der Waals surface area contributed by atoms with E-state index >= 15 is 0 Å². The highest BCUT2D eigenvalue weighted by atomic mass is 16.5. The number of hydrogen-bond donors (Lipinski definition) is 1. The number of hydrogen-bond acceptors (Lipinski definition) is 3. The van der Waals surface area contributed by atoms with Gasteiger partial charge < -0.3 is 14.8 Å². The highest BCUT2D eigenvalue weighted by Gasteiger charge is 2.07. The van der Waals surface area contributed by atoms with Crippen molar-refractivity contribution in [2.24, 2.45) is 0 Å². The third-order valence-corrected chi connectivity index (χ3v) is 2.75. The fourth-order valence-corrected chi connectivity index (χ4v) is 1.72. The number of amides is 1. The zero-order valence-corrected chi connectivity index (χ0v) is 11.8. The average molecular weight is 281 g/mol. The molecule has 0 saturated heterocycles. The van der Waals surface area contributed by atoms with Crippen molar-refractivity contribution in [3.05, 3.63) is 54.1 Å². The second-order valence-corrected chi connectivity index (χ2v) is 4.14. The van der Waals surface area contributed by atoms with Crippen molar-refractivity contribution in [2.45, 2.75) is 0 Å². The van der Waals surface area contributed by atoms with Crippen LogP contribution in [0, 0.1) is 11.8 Å². The molecule has 0 fully saturated rings. The highest BCUT2D eigenvalue weighted by molar-refractivity contribution is 6.05. The molecule has 0 aliphatic rings. The first-order chi connectivity index (χ1) is 10.2. The number of rotatable bonds is 3. The van der Waals surface area contributed by atoms with Crippen LogP contribution in [-0.2, 0) is 4.79 Å². The van der Waals surface area contributed by atoms with Gasteiger partial charge >= 0.3 is 5.91 Å². The van der Waals surface area contributed by atoms with Gasteiger partial charge in [0.25, 0.3) is 0 Å². The summed E-state index contributed by atoms with van der Waals surface area (Å²) in [6.07, 6.45) is 0. The Morgan fingerprint density at radius 3 is 2.48 bits per heavy atom. The van der Waals surface area contributed by atoms with Gasteiger partial charge in [0.1, 0.15) is 11.5 Å². The molecule has 0 spiro atoms. The highest BCUT2D eigenvalue weighted by Crippen LogP contribution is 2.28. The number of carbonyl (C=O) groups is 1. The molecule has 0 aliphatic heterocycles. The summed E-state index contributed by atoms with van der Waals surface area (Å²) in [5.41, 5.74) is 1.30. The number of anilines is 1. The summed E-state index contributed by atoms with van der Waals surface area (Å²) in [4.78, 5) is 11.9. The maximum atomic E-state index is 11.9. The van der Waals surface area contributed by atoms with Crippen LogP contribution >= 0.6 is 0 Å². The lowest BCUT2D eigenvalue weighted by Crippen LogP contribution is -2.09. The quantitative estimate of drug-likeness (QED) is 0.880. The van der Waals surface area contributed by atoms with Gasteiger partial charge in [-0.3, -0.25) is 4.79 Å². The minimum absolute atomic E-state index is 0.412. The molecule has 0 aliphatic carbocycles. The summed E-state index contributed by atoms with van der Waals surface area (Å²) in [6, 6.07) is 14.5. The Bertz CT molecular complexity index is 684. The Hall–Kier alpha value is -2.93. The lowest BCUT2D eigenvalue weighted by Gasteiger charge is -2.09. The van der Waals surface area contributed by atoms with Crippen molar-refractivity contribution < 1.29 is 14.3 Å². The van der Waals surface area contributed by atoms with Crippen LogP contribution in [0.5, 0.6) is 11.5 Å². The topological polar surface area (TPSA) is 47.6 Å². The van der Waals surface area contributed by atoms with E-state index in [2.05, 4.69) is 17.2 Å². The molecule has 0 heterocycles. The summed E-state index contributed by atoms with van der Waals surface area (Å²) < 4.78 is 10.3. The smallest absolute Gasteiger partial charge is 0.300 e. The van der Waals surface area contributed by atoms with Gasteiger partial charge in [0.05, 0.1) is 19.9 Å². The maximum Gasteiger partial charge on any atom is 0.300 e. The molecule has 1 amide bonds. The van der Waals surface area contributed by atoms with Crippen molar-refractivity contribution in [3.8, 4) is 23.3 Å². The van der Waals surface area contributed by atoms with Crippen LogP contribution in [0.15, 0.2) is 48.5 Å². The molecule has 2 aromatic rings. The Morgan fingerprint density at radius 2 is 1.81 bits per heavy atom. The van der Waals surface area contributed by atoms with E-state index in [0.717, 1.165) is 5.56 Å². The molecule has 1 N–H and O–H groups in total. The summed E-state index contributed by atoms with van der Waals surface area (Å²) in [5, 5.41) is 2.69. The molecule has 0 atom stereocenters. The maximum absolute atomic E-state index is 11.9. The van der Waals surface area contributed by atoms with E-state index in [1.54, 1.807) is 25.3 Å². The van der Waals surface area contributed by atoms with Crippen LogP contribution in [0.1, 0.15) is 5.56 Å². The second kappa shape index (κ2) is 7.01. The van der Waals surface area contributed by atoms with Gasteiger partial charge in [-0.2, -0.15) is 0 Å². The molecule has 2 aromatic carbocycles. The minimum atomic E-state index is -0.412. The minimum Gasteiger partial charge on any atom is -0.497 e. The summed E-state index contributed by atoms with van der Waals surface area (Å²) in [7, 11) is 3.09. The van der Waals surface area contributed by atoms with Crippen molar-refractivity contribution in [2.75, 3.05) is 19.5 Å². The average Bonchev–Trinajstić information content (AvgIpc) is 2.54. The number of carbonyl (C=O) groups excluding carboxylic acids is 1. The van der Waals surface area contributed by atoms with E-state index in [4.69, 9.17) is 9.47 Å². The van der Waals surface area contributed by atoms with Gasteiger partial charge in [0.2, 0.25) is 0 Å².